The van der Waals surface area contributed by atoms with Crippen molar-refractivity contribution in [3.8, 4) is 0 Å². The number of hydrogen-bond acceptors (Lipinski definition) is 3. The Morgan fingerprint density at radius 1 is 1.27 bits per heavy atom. The fraction of sp³-hybridized carbons (Fsp3) is 0.333. The second-order valence-corrected chi connectivity index (χ2v) is 5.69. The van der Waals surface area contributed by atoms with Crippen LogP contribution in [0, 0.1) is 6.92 Å². The highest BCUT2D eigenvalue weighted by molar-refractivity contribution is 5.90. The third-order valence-corrected chi connectivity index (χ3v) is 4.32. The molecular formula is C18H19NO3. The van der Waals surface area contributed by atoms with Crippen molar-refractivity contribution >= 4 is 5.97 Å². The molecule has 1 aromatic heterocycles. The molecule has 0 saturated heterocycles. The topological polar surface area (TPSA) is 48.3 Å². The Hall–Kier alpha value is -2.36. The van der Waals surface area contributed by atoms with E-state index in [1.165, 1.54) is 7.11 Å². The Morgan fingerprint density at radius 3 is 2.77 bits per heavy atom. The maximum absolute atomic E-state index is 12.7. The fourth-order valence-electron chi connectivity index (χ4n) is 3.10. The molecule has 0 atom stereocenters. The molecule has 1 aliphatic heterocycles. The highest BCUT2D eigenvalue weighted by Crippen LogP contribution is 2.20. The van der Waals surface area contributed by atoms with Crippen LogP contribution in [0.4, 0.5) is 0 Å². The number of ether oxygens (including phenoxy) is 1. The van der Waals surface area contributed by atoms with Gasteiger partial charge in [-0.1, -0.05) is 24.3 Å². The lowest BCUT2D eigenvalue weighted by Crippen LogP contribution is -2.26. The van der Waals surface area contributed by atoms with E-state index in [0.717, 1.165) is 29.7 Å². The lowest BCUT2D eigenvalue weighted by atomic mass is 9.99. The summed E-state index contributed by atoms with van der Waals surface area (Å²) in [5, 5.41) is 0. The molecule has 0 spiro atoms. The Kier molecular flexibility index (Phi) is 3.84. The van der Waals surface area contributed by atoms with E-state index < -0.39 is 0 Å². The minimum Gasteiger partial charge on any atom is -0.465 e. The summed E-state index contributed by atoms with van der Waals surface area (Å²) in [4.78, 5) is 24.7. The van der Waals surface area contributed by atoms with Gasteiger partial charge in [-0.15, -0.1) is 0 Å². The van der Waals surface area contributed by atoms with Crippen LogP contribution in [0.25, 0.3) is 0 Å². The molecule has 4 nitrogen and oxygen atoms in total. The first-order valence-corrected chi connectivity index (χ1v) is 7.50. The number of aromatic nitrogens is 1. The third kappa shape index (κ3) is 2.45. The van der Waals surface area contributed by atoms with Gasteiger partial charge in [-0.25, -0.2) is 4.79 Å². The van der Waals surface area contributed by atoms with Crippen molar-refractivity contribution < 1.29 is 9.53 Å². The first-order valence-electron chi connectivity index (χ1n) is 7.50. The zero-order valence-electron chi connectivity index (χ0n) is 12.9. The van der Waals surface area contributed by atoms with Crippen LogP contribution in [0.2, 0.25) is 0 Å². The molecule has 0 N–H and O–H groups in total. The number of fused-ring (bicyclic) bond motifs is 1. The monoisotopic (exact) mass is 297 g/mol. The van der Waals surface area contributed by atoms with Crippen molar-refractivity contribution in [1.82, 2.24) is 4.57 Å². The van der Waals surface area contributed by atoms with Gasteiger partial charge in [0.05, 0.1) is 12.7 Å². The third-order valence-electron chi connectivity index (χ3n) is 4.32. The molecule has 0 radical (unpaired) electrons. The van der Waals surface area contributed by atoms with Gasteiger partial charge in [0.25, 0.3) is 5.56 Å². The van der Waals surface area contributed by atoms with E-state index in [1.807, 2.05) is 31.2 Å². The van der Waals surface area contributed by atoms with E-state index in [1.54, 1.807) is 10.6 Å². The Morgan fingerprint density at radius 2 is 2.05 bits per heavy atom. The normalized spacial score (nSPS) is 13.0. The number of carbonyl (C=O) groups excluding carboxylic acids is 1. The van der Waals surface area contributed by atoms with E-state index in [-0.39, 0.29) is 11.5 Å². The van der Waals surface area contributed by atoms with Gasteiger partial charge in [0.2, 0.25) is 0 Å². The molecule has 4 heteroatoms. The molecule has 0 saturated carbocycles. The van der Waals surface area contributed by atoms with Gasteiger partial charge in [-0.2, -0.15) is 0 Å². The van der Waals surface area contributed by atoms with Crippen molar-refractivity contribution in [2.75, 3.05) is 7.11 Å². The van der Waals surface area contributed by atoms with Crippen molar-refractivity contribution in [1.29, 1.82) is 0 Å². The highest BCUT2D eigenvalue weighted by atomic mass is 16.5. The molecule has 22 heavy (non-hydrogen) atoms. The Balaban J connectivity index is 2.11. The van der Waals surface area contributed by atoms with Crippen LogP contribution < -0.4 is 5.56 Å². The lowest BCUT2D eigenvalue weighted by Gasteiger charge is -2.12. The minimum atomic E-state index is -0.364. The van der Waals surface area contributed by atoms with Crippen LogP contribution >= 0.6 is 0 Å². The molecule has 0 bridgehead atoms. The number of methoxy groups -OCH3 is 1. The van der Waals surface area contributed by atoms with Gasteiger partial charge in [0.1, 0.15) is 0 Å². The summed E-state index contributed by atoms with van der Waals surface area (Å²) in [6.45, 7) is 2.71. The maximum atomic E-state index is 12.7. The van der Waals surface area contributed by atoms with Crippen LogP contribution in [0.3, 0.4) is 0 Å². The molecule has 2 heterocycles. The quantitative estimate of drug-likeness (QED) is 0.818. The number of rotatable bonds is 3. The lowest BCUT2D eigenvalue weighted by molar-refractivity contribution is 0.0598. The van der Waals surface area contributed by atoms with Gasteiger partial charge in [0, 0.05) is 24.2 Å². The van der Waals surface area contributed by atoms with Gasteiger partial charge in [-0.05, 0) is 37.0 Å². The minimum absolute atomic E-state index is 0.0170. The molecule has 114 valence electrons. The number of nitrogens with zero attached hydrogens (tertiary/aromatic N) is 1. The van der Waals surface area contributed by atoms with E-state index in [0.29, 0.717) is 24.1 Å². The molecule has 0 aliphatic carbocycles. The number of aryl methyl sites for hydroxylation is 1. The zero-order chi connectivity index (χ0) is 15.7. The molecule has 1 aromatic carbocycles. The summed E-state index contributed by atoms with van der Waals surface area (Å²) in [6.07, 6.45) is 2.19. The second-order valence-electron chi connectivity index (χ2n) is 5.69. The molecular weight excluding hydrogens is 278 g/mol. The van der Waals surface area contributed by atoms with Crippen LogP contribution in [0.1, 0.15) is 39.2 Å². The van der Waals surface area contributed by atoms with Crippen LogP contribution in [-0.2, 0) is 24.1 Å². The van der Waals surface area contributed by atoms with Gasteiger partial charge in [-0.3, -0.25) is 4.79 Å². The number of benzene rings is 1. The summed E-state index contributed by atoms with van der Waals surface area (Å²) >= 11 is 0. The fourth-order valence-corrected chi connectivity index (χ4v) is 3.10. The Labute approximate surface area is 129 Å². The Bertz CT molecular complexity index is 789. The molecule has 0 fully saturated rings. The van der Waals surface area contributed by atoms with Gasteiger partial charge in [0.15, 0.2) is 0 Å². The number of hydrogen-bond donors (Lipinski definition) is 0. The summed E-state index contributed by atoms with van der Waals surface area (Å²) in [7, 11) is 1.38. The SMILES string of the molecule is COC(=O)c1cc(Cc2ccccc2C)c(=O)n2c1CCC2. The number of carbonyl (C=O) groups is 1. The standard InChI is InChI=1S/C18H19NO3/c1-12-6-3-4-7-13(12)10-14-11-15(18(21)22-2)16-8-5-9-19(16)17(14)20/h3-4,6-7,11H,5,8-10H2,1-2H3. The van der Waals surface area contributed by atoms with Crippen molar-refractivity contribution in [3.05, 3.63) is 68.6 Å². The molecule has 2 aromatic rings. The summed E-state index contributed by atoms with van der Waals surface area (Å²) < 4.78 is 6.61. The molecule has 1 aliphatic rings. The molecule has 3 rings (SSSR count). The van der Waals surface area contributed by atoms with E-state index in [4.69, 9.17) is 4.74 Å². The maximum Gasteiger partial charge on any atom is 0.339 e. The van der Waals surface area contributed by atoms with E-state index in [9.17, 15) is 9.59 Å². The number of esters is 1. The number of pyridine rings is 1. The van der Waals surface area contributed by atoms with Crippen LogP contribution in [0.15, 0.2) is 35.1 Å². The van der Waals surface area contributed by atoms with Crippen LogP contribution in [-0.4, -0.2) is 17.6 Å². The van der Waals surface area contributed by atoms with Crippen LogP contribution in [0.5, 0.6) is 0 Å². The van der Waals surface area contributed by atoms with Gasteiger partial charge >= 0.3 is 5.97 Å². The highest BCUT2D eigenvalue weighted by Gasteiger charge is 2.23. The first kappa shape index (κ1) is 14.6. The van der Waals surface area contributed by atoms with Crippen molar-refractivity contribution in [3.63, 3.8) is 0 Å². The second kappa shape index (κ2) is 5.79. The average Bonchev–Trinajstić information content (AvgIpc) is 3.01. The summed E-state index contributed by atoms with van der Waals surface area (Å²) in [6, 6.07) is 9.71. The van der Waals surface area contributed by atoms with E-state index >= 15 is 0 Å². The first-order chi connectivity index (χ1) is 10.6. The average molecular weight is 297 g/mol. The largest absolute Gasteiger partial charge is 0.465 e. The predicted molar refractivity (Wildman–Crippen MR) is 84.3 cm³/mol. The van der Waals surface area contributed by atoms with Crippen molar-refractivity contribution in [2.45, 2.75) is 32.7 Å². The van der Waals surface area contributed by atoms with Gasteiger partial charge < -0.3 is 9.30 Å². The zero-order valence-corrected chi connectivity index (χ0v) is 12.9. The van der Waals surface area contributed by atoms with Crippen molar-refractivity contribution in [2.24, 2.45) is 0 Å². The predicted octanol–water partition coefficient (Wildman–Crippen LogP) is 2.48. The molecule has 0 unspecified atom stereocenters. The van der Waals surface area contributed by atoms with E-state index in [2.05, 4.69) is 0 Å². The summed E-state index contributed by atoms with van der Waals surface area (Å²) in [5.41, 5.74) is 4.26. The smallest absolute Gasteiger partial charge is 0.339 e. The summed E-state index contributed by atoms with van der Waals surface area (Å²) in [5.74, 6) is -0.364. The molecule has 0 amide bonds.